The van der Waals surface area contributed by atoms with Crippen LogP contribution in [-0.4, -0.2) is 31.7 Å². The third-order valence-electron chi connectivity index (χ3n) is 2.43. The summed E-state index contributed by atoms with van der Waals surface area (Å²) in [6.45, 7) is 2.73. The van der Waals surface area contributed by atoms with Gasteiger partial charge in [-0.15, -0.1) is 0 Å². The van der Waals surface area contributed by atoms with Crippen molar-refractivity contribution in [2.75, 3.05) is 13.6 Å². The van der Waals surface area contributed by atoms with Crippen LogP contribution < -0.4 is 16.0 Å². The molecule has 1 fully saturated rings. The van der Waals surface area contributed by atoms with Crippen molar-refractivity contribution in [2.45, 2.75) is 19.5 Å². The number of guanidine groups is 2. The van der Waals surface area contributed by atoms with Crippen molar-refractivity contribution in [3.8, 4) is 0 Å². The molecule has 2 aliphatic rings. The molecule has 86 valence electrons. The Morgan fingerprint density at radius 3 is 2.88 bits per heavy atom. The van der Waals surface area contributed by atoms with Gasteiger partial charge in [0, 0.05) is 7.05 Å². The molecule has 2 rings (SSSR count). The summed E-state index contributed by atoms with van der Waals surface area (Å²) in [5.74, 6) is 1.52. The second kappa shape index (κ2) is 4.83. The lowest BCUT2D eigenvalue weighted by atomic mass is 10.3. The summed E-state index contributed by atoms with van der Waals surface area (Å²) in [6, 6.07) is 0. The van der Waals surface area contributed by atoms with Gasteiger partial charge >= 0.3 is 0 Å². The minimum atomic E-state index is 0.145. The third-order valence-corrected chi connectivity index (χ3v) is 2.43. The van der Waals surface area contributed by atoms with Gasteiger partial charge in [0.2, 0.25) is 0 Å². The first-order valence-electron chi connectivity index (χ1n) is 5.45. The van der Waals surface area contributed by atoms with Gasteiger partial charge in [-0.2, -0.15) is 0 Å². The molecule has 0 bridgehead atoms. The lowest BCUT2D eigenvalue weighted by molar-refractivity contribution is 0.585. The van der Waals surface area contributed by atoms with Gasteiger partial charge in [0.25, 0.3) is 0 Å². The summed E-state index contributed by atoms with van der Waals surface area (Å²) in [6.07, 6.45) is 7.61. The molecule has 1 aliphatic heterocycles. The van der Waals surface area contributed by atoms with Crippen molar-refractivity contribution < 1.29 is 0 Å². The SMILES string of the molecule is CN=C1NC(=NCC2=CCC=C2)NC(C)N1. The van der Waals surface area contributed by atoms with Gasteiger partial charge in [0.15, 0.2) is 11.9 Å². The van der Waals surface area contributed by atoms with E-state index in [4.69, 9.17) is 0 Å². The van der Waals surface area contributed by atoms with Crippen LogP contribution in [-0.2, 0) is 0 Å². The van der Waals surface area contributed by atoms with Gasteiger partial charge in [-0.25, -0.2) is 4.99 Å². The van der Waals surface area contributed by atoms with Crippen LogP contribution in [0.4, 0.5) is 0 Å². The Morgan fingerprint density at radius 1 is 1.38 bits per heavy atom. The highest BCUT2D eigenvalue weighted by Gasteiger charge is 2.15. The Labute approximate surface area is 95.4 Å². The standard InChI is InChI=1S/C11H17N5/c1-8-14-10(12-2)16-11(15-8)13-7-9-5-3-4-6-9/h3,5-6,8H,4,7H2,1-2H3,(H3,12,13,14,15,16). The van der Waals surface area contributed by atoms with Crippen LogP contribution in [0.5, 0.6) is 0 Å². The van der Waals surface area contributed by atoms with Gasteiger partial charge in [-0.3, -0.25) is 10.3 Å². The van der Waals surface area contributed by atoms with Crippen molar-refractivity contribution in [1.29, 1.82) is 0 Å². The molecule has 1 unspecified atom stereocenters. The molecule has 1 saturated heterocycles. The Kier molecular flexibility index (Phi) is 3.24. The van der Waals surface area contributed by atoms with E-state index in [1.807, 2.05) is 6.92 Å². The topological polar surface area (TPSA) is 60.8 Å². The smallest absolute Gasteiger partial charge is 0.200 e. The van der Waals surface area contributed by atoms with Crippen LogP contribution in [0.2, 0.25) is 0 Å². The summed E-state index contributed by atoms with van der Waals surface area (Å²) in [7, 11) is 1.74. The average Bonchev–Trinajstić information content (AvgIpc) is 2.78. The highest BCUT2D eigenvalue weighted by Crippen LogP contribution is 2.08. The second-order valence-electron chi connectivity index (χ2n) is 3.79. The molecule has 0 amide bonds. The van der Waals surface area contributed by atoms with Gasteiger partial charge in [-0.1, -0.05) is 18.2 Å². The number of aliphatic imine (C=N–C) groups is 2. The van der Waals surface area contributed by atoms with E-state index in [1.165, 1.54) is 5.57 Å². The maximum Gasteiger partial charge on any atom is 0.200 e. The quantitative estimate of drug-likeness (QED) is 0.628. The van der Waals surface area contributed by atoms with E-state index in [0.717, 1.165) is 18.3 Å². The first-order chi connectivity index (χ1) is 7.78. The number of rotatable bonds is 2. The normalized spacial score (nSPS) is 28.6. The molecular weight excluding hydrogens is 202 g/mol. The summed E-state index contributed by atoms with van der Waals surface area (Å²) in [4.78, 5) is 8.54. The predicted molar refractivity (Wildman–Crippen MR) is 66.4 cm³/mol. The molecule has 1 heterocycles. The fourth-order valence-electron chi connectivity index (χ4n) is 1.63. The Balaban J connectivity index is 1.97. The van der Waals surface area contributed by atoms with Crippen LogP contribution in [0, 0.1) is 0 Å². The lowest BCUT2D eigenvalue weighted by Gasteiger charge is -2.27. The summed E-state index contributed by atoms with van der Waals surface area (Å²) >= 11 is 0. The molecule has 0 spiro atoms. The number of hydrogen-bond acceptors (Lipinski definition) is 2. The molecule has 1 aliphatic carbocycles. The van der Waals surface area contributed by atoms with Crippen LogP contribution in [0.1, 0.15) is 13.3 Å². The minimum Gasteiger partial charge on any atom is -0.336 e. The van der Waals surface area contributed by atoms with Crippen molar-refractivity contribution in [3.63, 3.8) is 0 Å². The van der Waals surface area contributed by atoms with Gasteiger partial charge in [-0.05, 0) is 18.9 Å². The van der Waals surface area contributed by atoms with E-state index in [2.05, 4.69) is 44.2 Å². The molecule has 16 heavy (non-hydrogen) atoms. The van der Waals surface area contributed by atoms with Gasteiger partial charge in [0.1, 0.15) is 0 Å². The number of allylic oxidation sites excluding steroid dienone is 2. The number of nitrogens with zero attached hydrogens (tertiary/aromatic N) is 2. The number of hydrogen-bond donors (Lipinski definition) is 3. The van der Waals surface area contributed by atoms with E-state index in [1.54, 1.807) is 7.05 Å². The second-order valence-corrected chi connectivity index (χ2v) is 3.79. The zero-order chi connectivity index (χ0) is 11.4. The number of nitrogens with one attached hydrogen (secondary N) is 3. The third kappa shape index (κ3) is 2.62. The molecule has 5 nitrogen and oxygen atoms in total. The van der Waals surface area contributed by atoms with E-state index in [9.17, 15) is 0 Å². The summed E-state index contributed by atoms with van der Waals surface area (Å²) in [5, 5.41) is 9.43. The van der Waals surface area contributed by atoms with E-state index in [-0.39, 0.29) is 6.17 Å². The van der Waals surface area contributed by atoms with Crippen molar-refractivity contribution in [1.82, 2.24) is 16.0 Å². The van der Waals surface area contributed by atoms with Crippen molar-refractivity contribution in [3.05, 3.63) is 23.8 Å². The van der Waals surface area contributed by atoms with Crippen LogP contribution in [0.25, 0.3) is 0 Å². The Hall–Kier alpha value is -1.78. The maximum absolute atomic E-state index is 4.47. The lowest BCUT2D eigenvalue weighted by Crippen LogP contribution is -2.61. The van der Waals surface area contributed by atoms with Crippen LogP contribution in [0.3, 0.4) is 0 Å². The highest BCUT2D eigenvalue weighted by atomic mass is 15.4. The minimum absolute atomic E-state index is 0.145. The predicted octanol–water partition coefficient (Wildman–Crippen LogP) is 0.343. The van der Waals surface area contributed by atoms with E-state index in [0.29, 0.717) is 6.54 Å². The van der Waals surface area contributed by atoms with E-state index >= 15 is 0 Å². The van der Waals surface area contributed by atoms with E-state index < -0.39 is 0 Å². The molecular formula is C11H17N5. The first-order valence-corrected chi connectivity index (χ1v) is 5.45. The van der Waals surface area contributed by atoms with Crippen LogP contribution in [0.15, 0.2) is 33.8 Å². The fraction of sp³-hybridized carbons (Fsp3) is 0.455. The zero-order valence-electron chi connectivity index (χ0n) is 9.62. The zero-order valence-corrected chi connectivity index (χ0v) is 9.62. The largest absolute Gasteiger partial charge is 0.336 e. The summed E-state index contributed by atoms with van der Waals surface area (Å²) < 4.78 is 0. The molecule has 0 saturated carbocycles. The molecule has 5 heteroatoms. The van der Waals surface area contributed by atoms with Crippen LogP contribution >= 0.6 is 0 Å². The molecule has 0 aromatic heterocycles. The van der Waals surface area contributed by atoms with Gasteiger partial charge in [0.05, 0.1) is 12.7 Å². The van der Waals surface area contributed by atoms with Crippen molar-refractivity contribution >= 4 is 11.9 Å². The molecule has 0 aromatic rings. The molecule has 1 atom stereocenters. The average molecular weight is 219 g/mol. The van der Waals surface area contributed by atoms with Gasteiger partial charge < -0.3 is 10.6 Å². The maximum atomic E-state index is 4.47. The highest BCUT2D eigenvalue weighted by molar-refractivity contribution is 6.00. The first kappa shape index (κ1) is 10.7. The summed E-state index contributed by atoms with van der Waals surface area (Å²) in [5.41, 5.74) is 1.26. The monoisotopic (exact) mass is 219 g/mol. The van der Waals surface area contributed by atoms with Crippen molar-refractivity contribution in [2.24, 2.45) is 9.98 Å². The Bertz CT molecular complexity index is 378. The molecule has 3 N–H and O–H groups in total. The fourth-order valence-corrected chi connectivity index (χ4v) is 1.63. The molecule has 0 aromatic carbocycles. The molecule has 0 radical (unpaired) electrons. The Morgan fingerprint density at radius 2 is 2.19 bits per heavy atom.